The van der Waals surface area contributed by atoms with Gasteiger partial charge in [-0.2, -0.15) is 0 Å². The fourth-order valence-electron chi connectivity index (χ4n) is 8.32. The number of ether oxygens (including phenoxy) is 2. The normalized spacial score (nSPS) is 14.1. The number of hydrogen-bond acceptors (Lipinski definition) is 2. The molecule has 214 valence electrons. The van der Waals surface area contributed by atoms with Crippen LogP contribution in [0, 0.1) is 0 Å². The summed E-state index contributed by atoms with van der Waals surface area (Å²) in [5.74, 6) is 3.58. The van der Waals surface area contributed by atoms with Crippen molar-refractivity contribution in [1.29, 1.82) is 0 Å². The van der Waals surface area contributed by atoms with Crippen LogP contribution >= 0.6 is 0 Å². The van der Waals surface area contributed by atoms with Crippen molar-refractivity contribution in [2.24, 2.45) is 0 Å². The topological polar surface area (TPSA) is 18.5 Å². The molecule has 0 amide bonds. The molecular weight excluding hydrogens is 575 g/mol. The molecule has 3 aliphatic rings. The number of rotatable bonds is 2. The van der Waals surface area contributed by atoms with Crippen LogP contribution in [-0.4, -0.2) is 14.8 Å². The molecule has 0 aliphatic carbocycles. The van der Waals surface area contributed by atoms with Crippen molar-refractivity contribution < 1.29 is 9.47 Å². The van der Waals surface area contributed by atoms with Gasteiger partial charge in [-0.25, -0.2) is 0 Å². The maximum atomic E-state index is 7.08. The molecule has 3 heterocycles. The Morgan fingerprint density at radius 3 is 1.70 bits per heavy atom. The van der Waals surface area contributed by atoms with Crippen LogP contribution < -0.4 is 46.6 Å². The third-order valence-electron chi connectivity index (χ3n) is 10.1. The molecule has 0 aromatic heterocycles. The van der Waals surface area contributed by atoms with Crippen molar-refractivity contribution in [3.05, 3.63) is 164 Å². The van der Waals surface area contributed by atoms with Crippen LogP contribution in [-0.2, 0) is 0 Å². The third-order valence-corrected chi connectivity index (χ3v) is 15.0. The number of benzene rings is 7. The van der Waals surface area contributed by atoms with Gasteiger partial charge in [-0.05, 0) is 66.6 Å². The summed E-state index contributed by atoms with van der Waals surface area (Å²) in [5, 5.41) is 5.52. The second kappa shape index (κ2) is 9.71. The largest absolute Gasteiger partial charge is 0.458 e. The van der Waals surface area contributed by atoms with E-state index in [-0.39, 0.29) is 6.71 Å². The third kappa shape index (κ3) is 3.37. The van der Waals surface area contributed by atoms with Crippen LogP contribution in [0.3, 0.4) is 0 Å². The molecule has 0 atom stereocenters. The van der Waals surface area contributed by atoms with Crippen molar-refractivity contribution in [3.63, 3.8) is 0 Å². The van der Waals surface area contributed by atoms with Gasteiger partial charge < -0.3 is 9.47 Å². The molecule has 0 spiro atoms. The van der Waals surface area contributed by atoms with E-state index in [2.05, 4.69) is 158 Å². The average Bonchev–Trinajstić information content (AvgIpc) is 3.24. The Morgan fingerprint density at radius 1 is 0.391 bits per heavy atom. The van der Waals surface area contributed by atoms with Gasteiger partial charge >= 0.3 is 0 Å². The fourth-order valence-corrected chi connectivity index (χ4v) is 13.5. The molecule has 0 fully saturated rings. The standard InChI is InChI=1S/C42H27BO2Si/c1-3-14-28(15-4-1)46(29-16-5-2-6-17-29)38-24-11-7-18-30(38)31-26-27-34-42(40(31)32-19-8-12-25-39(32)46)45-37-23-13-22-36-41(37)43(34)33-20-9-10-21-35(33)44-36/h1-27H. The SMILES string of the molecule is c1ccc([Si]2(c3ccccc3)c3ccccc3-c3ccc4c(c3-c3ccccc32)Oc2cccc3c2B4c2ccccc2O3)cc1. The van der Waals surface area contributed by atoms with Crippen LogP contribution in [0.25, 0.3) is 22.3 Å². The van der Waals surface area contributed by atoms with Crippen LogP contribution in [0.2, 0.25) is 0 Å². The molecule has 0 bridgehead atoms. The van der Waals surface area contributed by atoms with Gasteiger partial charge in [-0.15, -0.1) is 0 Å². The Morgan fingerprint density at radius 2 is 0.957 bits per heavy atom. The molecule has 4 heteroatoms. The number of hydrogen-bond donors (Lipinski definition) is 0. The predicted molar refractivity (Wildman–Crippen MR) is 192 cm³/mol. The lowest BCUT2D eigenvalue weighted by Crippen LogP contribution is -2.75. The number of fused-ring (bicyclic) bond motifs is 10. The van der Waals surface area contributed by atoms with Gasteiger partial charge in [0, 0.05) is 11.0 Å². The first-order chi connectivity index (χ1) is 22.8. The summed E-state index contributed by atoms with van der Waals surface area (Å²) in [7, 11) is -2.80. The van der Waals surface area contributed by atoms with Crippen molar-refractivity contribution >= 4 is 51.9 Å². The molecule has 0 radical (unpaired) electrons. The Bertz CT molecular complexity index is 2290. The first kappa shape index (κ1) is 25.7. The highest BCUT2D eigenvalue weighted by Crippen LogP contribution is 2.45. The van der Waals surface area contributed by atoms with E-state index < -0.39 is 8.07 Å². The molecular formula is C42H27BO2Si. The molecule has 0 N–H and O–H groups in total. The monoisotopic (exact) mass is 602 g/mol. The molecule has 0 unspecified atom stereocenters. The summed E-state index contributed by atoms with van der Waals surface area (Å²) in [5.41, 5.74) is 8.34. The average molecular weight is 603 g/mol. The van der Waals surface area contributed by atoms with Gasteiger partial charge in [0.05, 0.1) is 0 Å². The second-order valence-corrected chi connectivity index (χ2v) is 16.1. The zero-order valence-corrected chi connectivity index (χ0v) is 26.0. The van der Waals surface area contributed by atoms with Crippen molar-refractivity contribution in [2.75, 3.05) is 0 Å². The van der Waals surface area contributed by atoms with Gasteiger partial charge in [0.25, 0.3) is 6.71 Å². The molecule has 10 rings (SSSR count). The van der Waals surface area contributed by atoms with Crippen LogP contribution in [0.5, 0.6) is 23.0 Å². The summed E-state index contributed by atoms with van der Waals surface area (Å²) in [6.45, 7) is 0.0149. The Kier molecular flexibility index (Phi) is 5.43. The molecule has 3 aliphatic heterocycles. The van der Waals surface area contributed by atoms with Crippen molar-refractivity contribution in [3.8, 4) is 45.3 Å². The Labute approximate surface area is 269 Å². The van der Waals surface area contributed by atoms with Crippen molar-refractivity contribution in [1.82, 2.24) is 0 Å². The van der Waals surface area contributed by atoms with E-state index in [9.17, 15) is 0 Å². The lowest BCUT2D eigenvalue weighted by Gasteiger charge is -2.36. The molecule has 7 aromatic rings. The van der Waals surface area contributed by atoms with Gasteiger partial charge in [-0.3, -0.25) is 0 Å². The smallest absolute Gasteiger partial charge is 0.260 e. The van der Waals surface area contributed by atoms with Crippen molar-refractivity contribution in [2.45, 2.75) is 0 Å². The minimum absolute atomic E-state index is 0.0149. The summed E-state index contributed by atoms with van der Waals surface area (Å²) in [6.07, 6.45) is 0. The minimum Gasteiger partial charge on any atom is -0.458 e. The highest BCUT2D eigenvalue weighted by atomic mass is 28.3. The predicted octanol–water partition coefficient (Wildman–Crippen LogP) is 5.44. The Balaban J connectivity index is 1.36. The minimum atomic E-state index is -2.80. The molecule has 46 heavy (non-hydrogen) atoms. The van der Waals surface area contributed by atoms with Gasteiger partial charge in [0.15, 0.2) is 8.07 Å². The van der Waals surface area contributed by atoms with E-state index in [1.54, 1.807) is 0 Å². The second-order valence-electron chi connectivity index (χ2n) is 12.3. The summed E-state index contributed by atoms with van der Waals surface area (Å²) >= 11 is 0. The zero-order chi connectivity index (χ0) is 30.2. The fraction of sp³-hybridized carbons (Fsp3) is 0. The van der Waals surface area contributed by atoms with Crippen LogP contribution in [0.1, 0.15) is 0 Å². The van der Waals surface area contributed by atoms with E-state index in [1.807, 2.05) is 6.07 Å². The maximum absolute atomic E-state index is 7.08. The highest BCUT2D eigenvalue weighted by molar-refractivity contribution is 7.21. The first-order valence-corrected chi connectivity index (χ1v) is 17.9. The lowest BCUT2D eigenvalue weighted by molar-refractivity contribution is 0.465. The van der Waals surface area contributed by atoms with Crippen LogP contribution in [0.15, 0.2) is 164 Å². The summed E-state index contributed by atoms with van der Waals surface area (Å²) in [4.78, 5) is 0. The Hall–Kier alpha value is -5.58. The number of para-hydroxylation sites is 1. The zero-order valence-electron chi connectivity index (χ0n) is 25.0. The highest BCUT2D eigenvalue weighted by Gasteiger charge is 2.48. The van der Waals surface area contributed by atoms with E-state index in [0.717, 1.165) is 28.5 Å². The lowest BCUT2D eigenvalue weighted by atomic mass is 9.34. The van der Waals surface area contributed by atoms with Crippen LogP contribution in [0.4, 0.5) is 0 Å². The van der Waals surface area contributed by atoms with E-state index in [0.29, 0.717) is 0 Å². The summed E-state index contributed by atoms with van der Waals surface area (Å²) < 4.78 is 13.5. The molecule has 7 aromatic carbocycles. The molecule has 2 nitrogen and oxygen atoms in total. The summed E-state index contributed by atoms with van der Waals surface area (Å²) in [6, 6.07) is 59.9. The quantitative estimate of drug-likeness (QED) is 0.246. The van der Waals surface area contributed by atoms with Gasteiger partial charge in [0.1, 0.15) is 23.0 Å². The van der Waals surface area contributed by atoms with Gasteiger partial charge in [0.2, 0.25) is 0 Å². The molecule has 0 saturated carbocycles. The van der Waals surface area contributed by atoms with E-state index >= 15 is 0 Å². The first-order valence-electron chi connectivity index (χ1n) is 15.9. The van der Waals surface area contributed by atoms with E-state index in [1.165, 1.54) is 53.9 Å². The van der Waals surface area contributed by atoms with Gasteiger partial charge in [-0.1, -0.05) is 146 Å². The van der Waals surface area contributed by atoms with E-state index in [4.69, 9.17) is 9.47 Å². The molecule has 0 saturated heterocycles. The maximum Gasteiger partial charge on any atom is 0.260 e.